The summed E-state index contributed by atoms with van der Waals surface area (Å²) in [4.78, 5) is 25.7. The van der Waals surface area contributed by atoms with Crippen LogP contribution in [0.15, 0.2) is 12.3 Å². The summed E-state index contributed by atoms with van der Waals surface area (Å²) in [6, 6.07) is 1.49. The first kappa shape index (κ1) is 10.4. The van der Waals surface area contributed by atoms with Gasteiger partial charge in [0.15, 0.2) is 5.78 Å². The van der Waals surface area contributed by atoms with Gasteiger partial charge in [-0.25, -0.2) is 4.79 Å². The average Bonchev–Trinajstić information content (AvgIpc) is 2.16. The lowest BCUT2D eigenvalue weighted by molar-refractivity contribution is 0.0691. The molecule has 74 valence electrons. The molecule has 0 aliphatic carbocycles. The van der Waals surface area contributed by atoms with Gasteiger partial charge in [0.2, 0.25) is 0 Å². The highest BCUT2D eigenvalue weighted by molar-refractivity contribution is 6.03. The van der Waals surface area contributed by atoms with Crippen LogP contribution in [-0.4, -0.2) is 21.8 Å². The normalized spacial score (nSPS) is 9.86. The SMILES string of the molecule is CCc1cnc(C(C)=O)c(C(=O)O)c1. The minimum Gasteiger partial charge on any atom is -0.478 e. The summed E-state index contributed by atoms with van der Waals surface area (Å²) >= 11 is 0. The number of Topliss-reactive ketones (excluding diaryl/α,β-unsaturated/α-hetero) is 1. The van der Waals surface area contributed by atoms with Gasteiger partial charge in [-0.05, 0) is 18.1 Å². The second-order valence-corrected chi connectivity index (χ2v) is 2.95. The van der Waals surface area contributed by atoms with Crippen molar-refractivity contribution in [1.29, 1.82) is 0 Å². The van der Waals surface area contributed by atoms with Crippen molar-refractivity contribution in [3.05, 3.63) is 29.1 Å². The van der Waals surface area contributed by atoms with Crippen molar-refractivity contribution in [2.24, 2.45) is 0 Å². The average molecular weight is 193 g/mol. The molecule has 1 aromatic rings. The Morgan fingerprint density at radius 2 is 2.14 bits per heavy atom. The van der Waals surface area contributed by atoms with Crippen molar-refractivity contribution < 1.29 is 14.7 Å². The van der Waals surface area contributed by atoms with Crippen molar-refractivity contribution in [2.45, 2.75) is 20.3 Å². The van der Waals surface area contributed by atoms with Crippen LogP contribution >= 0.6 is 0 Å². The van der Waals surface area contributed by atoms with Crippen LogP contribution < -0.4 is 0 Å². The summed E-state index contributed by atoms with van der Waals surface area (Å²) in [5.41, 5.74) is 0.818. The second-order valence-electron chi connectivity index (χ2n) is 2.95. The van der Waals surface area contributed by atoms with E-state index >= 15 is 0 Å². The van der Waals surface area contributed by atoms with Crippen molar-refractivity contribution in [2.75, 3.05) is 0 Å². The third-order valence-corrected chi connectivity index (χ3v) is 1.92. The fraction of sp³-hybridized carbons (Fsp3) is 0.300. The highest BCUT2D eigenvalue weighted by atomic mass is 16.4. The van der Waals surface area contributed by atoms with Crippen LogP contribution in [-0.2, 0) is 6.42 Å². The molecule has 0 saturated heterocycles. The molecule has 1 heterocycles. The van der Waals surface area contributed by atoms with Crippen LogP contribution in [0.5, 0.6) is 0 Å². The van der Waals surface area contributed by atoms with Crippen molar-refractivity contribution >= 4 is 11.8 Å². The maximum atomic E-state index is 11.0. The van der Waals surface area contributed by atoms with Crippen molar-refractivity contribution in [3.8, 4) is 0 Å². The van der Waals surface area contributed by atoms with Gasteiger partial charge in [-0.2, -0.15) is 0 Å². The lowest BCUT2D eigenvalue weighted by atomic mass is 10.1. The molecule has 0 aliphatic rings. The maximum absolute atomic E-state index is 11.0. The number of carbonyl (C=O) groups is 2. The Morgan fingerprint density at radius 1 is 1.50 bits per heavy atom. The molecule has 0 bridgehead atoms. The minimum atomic E-state index is -1.11. The number of aromatic nitrogens is 1. The molecule has 4 nitrogen and oxygen atoms in total. The summed E-state index contributed by atoms with van der Waals surface area (Å²) < 4.78 is 0. The van der Waals surface area contributed by atoms with E-state index in [0.717, 1.165) is 5.56 Å². The number of aromatic carboxylic acids is 1. The zero-order chi connectivity index (χ0) is 10.7. The molecule has 0 aromatic carbocycles. The van der Waals surface area contributed by atoms with E-state index in [9.17, 15) is 9.59 Å². The van der Waals surface area contributed by atoms with Gasteiger partial charge in [-0.1, -0.05) is 6.92 Å². The van der Waals surface area contributed by atoms with Crippen molar-refractivity contribution in [3.63, 3.8) is 0 Å². The van der Waals surface area contributed by atoms with Gasteiger partial charge >= 0.3 is 5.97 Å². The predicted octanol–water partition coefficient (Wildman–Crippen LogP) is 1.54. The number of hydrogen-bond acceptors (Lipinski definition) is 3. The second kappa shape index (κ2) is 4.00. The van der Waals surface area contributed by atoms with Gasteiger partial charge in [-0.3, -0.25) is 9.78 Å². The highest BCUT2D eigenvalue weighted by Gasteiger charge is 2.15. The molecule has 0 aliphatic heterocycles. The van der Waals surface area contributed by atoms with Crippen molar-refractivity contribution in [1.82, 2.24) is 4.98 Å². The fourth-order valence-corrected chi connectivity index (χ4v) is 1.14. The van der Waals surface area contributed by atoms with Crippen LogP contribution in [0.3, 0.4) is 0 Å². The first-order chi connectivity index (χ1) is 6.56. The maximum Gasteiger partial charge on any atom is 0.338 e. The first-order valence-electron chi connectivity index (χ1n) is 4.29. The van der Waals surface area contributed by atoms with E-state index in [1.165, 1.54) is 19.2 Å². The number of nitrogens with zero attached hydrogens (tertiary/aromatic N) is 1. The molecule has 1 N–H and O–H groups in total. The Labute approximate surface area is 81.6 Å². The summed E-state index contributed by atoms with van der Waals surface area (Å²) in [7, 11) is 0. The molecule has 0 radical (unpaired) electrons. The Balaban J connectivity index is 3.31. The van der Waals surface area contributed by atoms with Gasteiger partial charge in [-0.15, -0.1) is 0 Å². The van der Waals surface area contributed by atoms with E-state index in [1.807, 2.05) is 6.92 Å². The van der Waals surface area contributed by atoms with Gasteiger partial charge in [0.05, 0.1) is 5.56 Å². The van der Waals surface area contributed by atoms with Crippen LogP contribution in [0.4, 0.5) is 0 Å². The number of carbonyl (C=O) groups excluding carboxylic acids is 1. The number of hydrogen-bond donors (Lipinski definition) is 1. The Morgan fingerprint density at radius 3 is 2.57 bits per heavy atom. The smallest absolute Gasteiger partial charge is 0.338 e. The molecule has 14 heavy (non-hydrogen) atoms. The minimum absolute atomic E-state index is 0.0168. The predicted molar refractivity (Wildman–Crippen MR) is 50.6 cm³/mol. The van der Waals surface area contributed by atoms with Crippen LogP contribution in [0, 0.1) is 0 Å². The monoisotopic (exact) mass is 193 g/mol. The molecule has 0 saturated carbocycles. The standard InChI is InChI=1S/C10H11NO3/c1-3-7-4-8(10(13)14)9(6(2)12)11-5-7/h4-5H,3H2,1-2H3,(H,13,14). The van der Waals surface area contributed by atoms with Gasteiger partial charge in [0.25, 0.3) is 0 Å². The van der Waals surface area contributed by atoms with E-state index < -0.39 is 5.97 Å². The van der Waals surface area contributed by atoms with E-state index in [0.29, 0.717) is 6.42 Å². The van der Waals surface area contributed by atoms with E-state index in [-0.39, 0.29) is 17.0 Å². The van der Waals surface area contributed by atoms with E-state index in [2.05, 4.69) is 4.98 Å². The highest BCUT2D eigenvalue weighted by Crippen LogP contribution is 2.10. The van der Waals surface area contributed by atoms with E-state index in [1.54, 1.807) is 0 Å². The molecule has 1 aromatic heterocycles. The van der Waals surface area contributed by atoms with E-state index in [4.69, 9.17) is 5.11 Å². The van der Waals surface area contributed by atoms with Gasteiger partial charge in [0, 0.05) is 13.1 Å². The number of ketones is 1. The summed E-state index contributed by atoms with van der Waals surface area (Å²) in [6.07, 6.45) is 2.23. The summed E-state index contributed by atoms with van der Waals surface area (Å²) in [5, 5.41) is 8.84. The number of aryl methyl sites for hydroxylation is 1. The largest absolute Gasteiger partial charge is 0.478 e. The molecule has 1 rings (SSSR count). The molecule has 0 unspecified atom stereocenters. The number of rotatable bonds is 3. The Hall–Kier alpha value is -1.71. The summed E-state index contributed by atoms with van der Waals surface area (Å²) in [5.74, 6) is -1.44. The fourth-order valence-electron chi connectivity index (χ4n) is 1.14. The zero-order valence-electron chi connectivity index (χ0n) is 8.07. The van der Waals surface area contributed by atoms with Crippen LogP contribution in [0.1, 0.15) is 40.3 Å². The van der Waals surface area contributed by atoms with Crippen LogP contribution in [0.25, 0.3) is 0 Å². The topological polar surface area (TPSA) is 67.3 Å². The Kier molecular flexibility index (Phi) is 2.96. The Bertz CT molecular complexity index is 385. The van der Waals surface area contributed by atoms with Gasteiger partial charge in [0.1, 0.15) is 5.69 Å². The molecule has 0 spiro atoms. The number of carboxylic acid groups (broad SMARTS) is 1. The lowest BCUT2D eigenvalue weighted by Gasteiger charge is -2.03. The summed E-state index contributed by atoms with van der Waals surface area (Å²) in [6.45, 7) is 3.20. The third-order valence-electron chi connectivity index (χ3n) is 1.92. The number of pyridine rings is 1. The molecule has 0 amide bonds. The number of carboxylic acids is 1. The zero-order valence-corrected chi connectivity index (χ0v) is 8.07. The molecule has 0 fully saturated rings. The lowest BCUT2D eigenvalue weighted by Crippen LogP contribution is -2.09. The first-order valence-corrected chi connectivity index (χ1v) is 4.29. The third kappa shape index (κ3) is 1.96. The quantitative estimate of drug-likeness (QED) is 0.739. The molecule has 4 heteroatoms. The van der Waals surface area contributed by atoms with Gasteiger partial charge < -0.3 is 5.11 Å². The molecular weight excluding hydrogens is 182 g/mol. The van der Waals surface area contributed by atoms with Crippen LogP contribution in [0.2, 0.25) is 0 Å². The molecular formula is C10H11NO3. The molecule has 0 atom stereocenters.